The molecule has 2 N–H and O–H groups in total. The van der Waals surface area contributed by atoms with Crippen LogP contribution in [0.2, 0.25) is 0 Å². The summed E-state index contributed by atoms with van der Waals surface area (Å²) in [6.07, 6.45) is 0. The summed E-state index contributed by atoms with van der Waals surface area (Å²) in [5, 5.41) is 21.9. The predicted octanol–water partition coefficient (Wildman–Crippen LogP) is 1.44. The van der Waals surface area contributed by atoms with Crippen LogP contribution < -0.4 is 5.32 Å². The summed E-state index contributed by atoms with van der Waals surface area (Å²) >= 11 is 0. The van der Waals surface area contributed by atoms with E-state index in [0.717, 1.165) is 6.07 Å². The number of carbonyl (C=O) groups excluding carboxylic acids is 1. The van der Waals surface area contributed by atoms with Gasteiger partial charge in [-0.3, -0.25) is 19.7 Å². The molecule has 0 aliphatic rings. The number of amides is 1. The van der Waals surface area contributed by atoms with Crippen molar-refractivity contribution in [3.8, 4) is 0 Å². The van der Waals surface area contributed by atoms with Crippen LogP contribution in [0.4, 0.5) is 5.69 Å². The highest BCUT2D eigenvalue weighted by molar-refractivity contribution is 5.95. The molecule has 7 nitrogen and oxygen atoms in total. The number of nitrogens with one attached hydrogen (secondary N) is 1. The van der Waals surface area contributed by atoms with Gasteiger partial charge < -0.3 is 10.4 Å². The van der Waals surface area contributed by atoms with Crippen LogP contribution in [0.1, 0.15) is 24.2 Å². The number of hydrogen-bond acceptors (Lipinski definition) is 4. The lowest BCUT2D eigenvalue weighted by Crippen LogP contribution is -2.38. The van der Waals surface area contributed by atoms with E-state index in [4.69, 9.17) is 5.11 Å². The Hall–Kier alpha value is -2.44. The van der Waals surface area contributed by atoms with Crippen LogP contribution >= 0.6 is 0 Å². The molecule has 0 heterocycles. The smallest absolute Gasteiger partial charge is 0.310 e. The molecule has 1 rings (SSSR count). The largest absolute Gasteiger partial charge is 0.481 e. The molecule has 0 radical (unpaired) electrons. The normalized spacial score (nSPS) is 10.8. The highest BCUT2D eigenvalue weighted by atomic mass is 16.6. The minimum Gasteiger partial charge on any atom is -0.481 e. The molecule has 0 bridgehead atoms. The minimum atomic E-state index is -1.10. The number of rotatable bonds is 5. The Kier molecular flexibility index (Phi) is 4.21. The number of non-ortho nitro benzene ring substituents is 1. The zero-order chi connectivity index (χ0) is 14.6. The fourth-order valence-electron chi connectivity index (χ4n) is 1.24. The Morgan fingerprint density at radius 2 is 2.05 bits per heavy atom. The zero-order valence-corrected chi connectivity index (χ0v) is 10.5. The number of nitro benzene ring substituents is 1. The lowest BCUT2D eigenvalue weighted by atomic mass is 9.94. The first-order valence-corrected chi connectivity index (χ1v) is 5.50. The zero-order valence-electron chi connectivity index (χ0n) is 10.5. The van der Waals surface area contributed by atoms with E-state index in [2.05, 4.69) is 5.32 Å². The number of carboxylic acids is 1. The monoisotopic (exact) mass is 266 g/mol. The molecule has 1 amide bonds. The Bertz CT molecular complexity index is 525. The topological polar surface area (TPSA) is 110 Å². The summed E-state index contributed by atoms with van der Waals surface area (Å²) in [5.74, 6) is -1.58. The third-order valence-corrected chi connectivity index (χ3v) is 2.59. The van der Waals surface area contributed by atoms with Gasteiger partial charge in [0.2, 0.25) is 0 Å². The van der Waals surface area contributed by atoms with Crippen molar-refractivity contribution in [2.45, 2.75) is 13.8 Å². The number of aliphatic carboxylic acids is 1. The Labute approximate surface area is 109 Å². The van der Waals surface area contributed by atoms with E-state index in [-0.39, 0.29) is 17.8 Å². The van der Waals surface area contributed by atoms with Gasteiger partial charge in [-0.25, -0.2) is 0 Å². The number of nitrogens with zero attached hydrogens (tertiary/aromatic N) is 1. The van der Waals surface area contributed by atoms with Crippen molar-refractivity contribution in [1.29, 1.82) is 0 Å². The van der Waals surface area contributed by atoms with Crippen LogP contribution in [0.5, 0.6) is 0 Å². The quantitative estimate of drug-likeness (QED) is 0.619. The Balaban J connectivity index is 2.77. The van der Waals surface area contributed by atoms with Crippen LogP contribution in [-0.2, 0) is 4.79 Å². The summed E-state index contributed by atoms with van der Waals surface area (Å²) in [6.45, 7) is 2.88. The van der Waals surface area contributed by atoms with E-state index < -0.39 is 22.2 Å². The van der Waals surface area contributed by atoms with Gasteiger partial charge in [-0.2, -0.15) is 0 Å². The molecular weight excluding hydrogens is 252 g/mol. The number of carboxylic acid groups (broad SMARTS) is 1. The number of hydrogen-bond donors (Lipinski definition) is 2. The van der Waals surface area contributed by atoms with Gasteiger partial charge >= 0.3 is 5.97 Å². The van der Waals surface area contributed by atoms with Crippen molar-refractivity contribution < 1.29 is 19.6 Å². The summed E-state index contributed by atoms with van der Waals surface area (Å²) < 4.78 is 0. The van der Waals surface area contributed by atoms with Crippen LogP contribution in [0.25, 0.3) is 0 Å². The van der Waals surface area contributed by atoms with Crippen molar-refractivity contribution in [2.24, 2.45) is 5.41 Å². The van der Waals surface area contributed by atoms with E-state index in [9.17, 15) is 19.7 Å². The molecule has 0 aliphatic carbocycles. The first kappa shape index (κ1) is 14.6. The predicted molar refractivity (Wildman–Crippen MR) is 66.8 cm³/mol. The van der Waals surface area contributed by atoms with E-state index in [0.29, 0.717) is 0 Å². The SMILES string of the molecule is CC(C)(CNC(=O)c1cccc([N+](=O)[O-])c1)C(=O)O. The van der Waals surface area contributed by atoms with Gasteiger partial charge in [0.05, 0.1) is 10.3 Å². The van der Waals surface area contributed by atoms with E-state index in [1.54, 1.807) is 0 Å². The molecule has 0 aromatic heterocycles. The molecule has 0 atom stereocenters. The molecule has 0 saturated heterocycles. The van der Waals surface area contributed by atoms with Crippen LogP contribution in [0.15, 0.2) is 24.3 Å². The van der Waals surface area contributed by atoms with E-state index in [1.807, 2.05) is 0 Å². The van der Waals surface area contributed by atoms with Crippen molar-refractivity contribution in [3.63, 3.8) is 0 Å². The lowest BCUT2D eigenvalue weighted by molar-refractivity contribution is -0.384. The minimum absolute atomic E-state index is 0.0656. The molecule has 7 heteroatoms. The molecular formula is C12H14N2O5. The van der Waals surface area contributed by atoms with Gasteiger partial charge in [0.25, 0.3) is 11.6 Å². The number of benzene rings is 1. The van der Waals surface area contributed by atoms with Crippen LogP contribution in [-0.4, -0.2) is 28.5 Å². The summed E-state index contributed by atoms with van der Waals surface area (Å²) in [4.78, 5) is 32.6. The molecule has 102 valence electrons. The van der Waals surface area contributed by atoms with Gasteiger partial charge in [0, 0.05) is 24.2 Å². The highest BCUT2D eigenvalue weighted by Gasteiger charge is 2.27. The third kappa shape index (κ3) is 3.77. The summed E-state index contributed by atoms with van der Waals surface area (Å²) in [7, 11) is 0. The van der Waals surface area contributed by atoms with Crippen molar-refractivity contribution in [2.75, 3.05) is 6.54 Å². The Morgan fingerprint density at radius 1 is 1.42 bits per heavy atom. The molecule has 0 spiro atoms. The average molecular weight is 266 g/mol. The van der Waals surface area contributed by atoms with Gasteiger partial charge in [-0.1, -0.05) is 6.07 Å². The fraction of sp³-hybridized carbons (Fsp3) is 0.333. The van der Waals surface area contributed by atoms with Crippen LogP contribution in [0.3, 0.4) is 0 Å². The summed E-state index contributed by atoms with van der Waals surface area (Å²) in [5.41, 5.74) is -1.17. The molecule has 0 aliphatic heterocycles. The van der Waals surface area contributed by atoms with E-state index >= 15 is 0 Å². The number of nitro groups is 1. The van der Waals surface area contributed by atoms with Crippen molar-refractivity contribution in [1.82, 2.24) is 5.32 Å². The molecule has 0 saturated carbocycles. The molecule has 19 heavy (non-hydrogen) atoms. The van der Waals surface area contributed by atoms with Crippen molar-refractivity contribution in [3.05, 3.63) is 39.9 Å². The second kappa shape index (κ2) is 5.47. The standard InChI is InChI=1S/C12H14N2O5/c1-12(2,11(16)17)7-13-10(15)8-4-3-5-9(6-8)14(18)19/h3-6H,7H2,1-2H3,(H,13,15)(H,16,17). The van der Waals surface area contributed by atoms with Gasteiger partial charge in [-0.15, -0.1) is 0 Å². The first-order chi connectivity index (χ1) is 8.74. The Morgan fingerprint density at radius 3 is 2.58 bits per heavy atom. The molecule has 0 unspecified atom stereocenters. The molecule has 0 fully saturated rings. The first-order valence-electron chi connectivity index (χ1n) is 5.50. The maximum absolute atomic E-state index is 11.8. The highest BCUT2D eigenvalue weighted by Crippen LogP contribution is 2.15. The summed E-state index contributed by atoms with van der Waals surface area (Å²) in [6, 6.07) is 5.24. The maximum atomic E-state index is 11.8. The van der Waals surface area contributed by atoms with Gasteiger partial charge in [0.15, 0.2) is 0 Å². The second-order valence-corrected chi connectivity index (χ2v) is 4.68. The van der Waals surface area contributed by atoms with Crippen LogP contribution in [0, 0.1) is 15.5 Å². The second-order valence-electron chi connectivity index (χ2n) is 4.68. The maximum Gasteiger partial charge on any atom is 0.310 e. The fourth-order valence-corrected chi connectivity index (χ4v) is 1.24. The molecule has 1 aromatic rings. The van der Waals surface area contributed by atoms with Gasteiger partial charge in [-0.05, 0) is 19.9 Å². The van der Waals surface area contributed by atoms with Gasteiger partial charge in [0.1, 0.15) is 0 Å². The lowest BCUT2D eigenvalue weighted by Gasteiger charge is -2.19. The van der Waals surface area contributed by atoms with Crippen molar-refractivity contribution >= 4 is 17.6 Å². The van der Waals surface area contributed by atoms with E-state index in [1.165, 1.54) is 32.0 Å². The third-order valence-electron chi connectivity index (χ3n) is 2.59. The number of carbonyl (C=O) groups is 2. The average Bonchev–Trinajstić information content (AvgIpc) is 2.36. The molecule has 1 aromatic carbocycles.